The molecule has 1 N–H and O–H groups in total. The number of ether oxygens (including phenoxy) is 1. The quantitative estimate of drug-likeness (QED) is 0.868. The highest BCUT2D eigenvalue weighted by molar-refractivity contribution is 5.90. The van der Waals surface area contributed by atoms with Gasteiger partial charge in [0.15, 0.2) is 0 Å². The molecule has 2 rings (SSSR count). The molecule has 2 aromatic carbocycles. The van der Waals surface area contributed by atoms with Crippen LogP contribution < -0.4 is 5.32 Å². The van der Waals surface area contributed by atoms with Crippen LogP contribution in [0.5, 0.6) is 0 Å². The third-order valence-electron chi connectivity index (χ3n) is 3.49. The van der Waals surface area contributed by atoms with Crippen molar-refractivity contribution in [3.05, 3.63) is 64.5 Å². The van der Waals surface area contributed by atoms with Crippen LogP contribution in [0.4, 0.5) is 10.1 Å². The van der Waals surface area contributed by atoms with Crippen molar-refractivity contribution in [2.75, 3.05) is 12.4 Å². The van der Waals surface area contributed by atoms with Crippen LogP contribution in [0.15, 0.2) is 36.4 Å². The molecule has 0 heterocycles. The molecule has 2 aromatic rings. The van der Waals surface area contributed by atoms with E-state index in [1.807, 2.05) is 32.0 Å². The number of aryl methyl sites for hydroxylation is 2. The van der Waals surface area contributed by atoms with E-state index in [9.17, 15) is 9.18 Å². The molecule has 0 aliphatic carbocycles. The Balaban J connectivity index is 2.22. The van der Waals surface area contributed by atoms with E-state index >= 15 is 0 Å². The summed E-state index contributed by atoms with van der Waals surface area (Å²) in [5, 5.41) is 3.05. The van der Waals surface area contributed by atoms with E-state index in [0.29, 0.717) is 17.8 Å². The topological polar surface area (TPSA) is 38.3 Å². The number of halogens is 1. The average molecular weight is 287 g/mol. The summed E-state index contributed by atoms with van der Waals surface area (Å²) < 4.78 is 18.5. The van der Waals surface area contributed by atoms with Crippen molar-refractivity contribution in [1.29, 1.82) is 0 Å². The molecule has 21 heavy (non-hydrogen) atoms. The summed E-state index contributed by atoms with van der Waals surface area (Å²) in [5.41, 5.74) is 4.03. The van der Waals surface area contributed by atoms with Gasteiger partial charge in [-0.3, -0.25) is 0 Å². The van der Waals surface area contributed by atoms with E-state index in [4.69, 9.17) is 0 Å². The van der Waals surface area contributed by atoms with Crippen LogP contribution in [0, 0.1) is 19.7 Å². The number of hydrogen-bond acceptors (Lipinski definition) is 3. The summed E-state index contributed by atoms with van der Waals surface area (Å²) in [5.74, 6) is -0.876. The lowest BCUT2D eigenvalue weighted by Gasteiger charge is -2.13. The molecule has 0 saturated carbocycles. The molecule has 0 unspecified atom stereocenters. The Morgan fingerprint density at radius 3 is 2.48 bits per heavy atom. The second-order valence-corrected chi connectivity index (χ2v) is 4.91. The van der Waals surface area contributed by atoms with Crippen LogP contribution in [-0.2, 0) is 11.3 Å². The number of benzene rings is 2. The molecular weight excluding hydrogens is 269 g/mol. The van der Waals surface area contributed by atoms with Crippen molar-refractivity contribution in [2.24, 2.45) is 0 Å². The number of carbonyl (C=O) groups is 1. The second-order valence-electron chi connectivity index (χ2n) is 4.91. The molecular formula is C17H18FNO2. The van der Waals surface area contributed by atoms with Gasteiger partial charge < -0.3 is 10.1 Å². The molecule has 0 amide bonds. The van der Waals surface area contributed by atoms with Gasteiger partial charge in [-0.25, -0.2) is 9.18 Å². The molecule has 4 heteroatoms. The molecule has 0 atom stereocenters. The fourth-order valence-electron chi connectivity index (χ4n) is 2.22. The molecule has 0 bridgehead atoms. The Morgan fingerprint density at radius 1 is 1.19 bits per heavy atom. The molecule has 0 aliphatic heterocycles. The minimum atomic E-state index is -0.481. The first-order valence-corrected chi connectivity index (χ1v) is 6.69. The maximum absolute atomic E-state index is 13.8. The monoisotopic (exact) mass is 287 g/mol. The summed E-state index contributed by atoms with van der Waals surface area (Å²) in [6.45, 7) is 4.54. The SMILES string of the molecule is COC(=O)c1ccc(F)c(NCc2c(C)cccc2C)c1. The van der Waals surface area contributed by atoms with Crippen molar-refractivity contribution in [3.8, 4) is 0 Å². The van der Waals surface area contributed by atoms with Gasteiger partial charge in [0.25, 0.3) is 0 Å². The summed E-state index contributed by atoms with van der Waals surface area (Å²) in [6.07, 6.45) is 0. The highest BCUT2D eigenvalue weighted by Crippen LogP contribution is 2.20. The molecule has 0 aliphatic rings. The molecule has 3 nitrogen and oxygen atoms in total. The lowest BCUT2D eigenvalue weighted by molar-refractivity contribution is 0.0600. The highest BCUT2D eigenvalue weighted by atomic mass is 19.1. The van der Waals surface area contributed by atoms with Gasteiger partial charge in [0.2, 0.25) is 0 Å². The van der Waals surface area contributed by atoms with Gasteiger partial charge >= 0.3 is 5.97 Å². The van der Waals surface area contributed by atoms with Crippen molar-refractivity contribution in [1.82, 2.24) is 0 Å². The number of rotatable bonds is 4. The van der Waals surface area contributed by atoms with Crippen molar-refractivity contribution in [3.63, 3.8) is 0 Å². The summed E-state index contributed by atoms with van der Waals surface area (Å²) in [4.78, 5) is 11.5. The van der Waals surface area contributed by atoms with Crippen LogP contribution in [-0.4, -0.2) is 13.1 Å². The maximum atomic E-state index is 13.8. The van der Waals surface area contributed by atoms with Gasteiger partial charge in [0.05, 0.1) is 18.4 Å². The first kappa shape index (κ1) is 15.0. The number of anilines is 1. The Morgan fingerprint density at radius 2 is 1.86 bits per heavy atom. The van der Waals surface area contributed by atoms with E-state index < -0.39 is 11.8 Å². The van der Waals surface area contributed by atoms with Crippen molar-refractivity contribution in [2.45, 2.75) is 20.4 Å². The van der Waals surface area contributed by atoms with Gasteiger partial charge in [-0.15, -0.1) is 0 Å². The third-order valence-corrected chi connectivity index (χ3v) is 3.49. The number of carbonyl (C=O) groups excluding carboxylic acids is 1. The van der Waals surface area contributed by atoms with Gasteiger partial charge in [0, 0.05) is 6.54 Å². The van der Waals surface area contributed by atoms with Crippen molar-refractivity contribution < 1.29 is 13.9 Å². The third kappa shape index (κ3) is 3.40. The van der Waals surface area contributed by atoms with E-state index in [2.05, 4.69) is 10.1 Å². The Bertz CT molecular complexity index is 648. The first-order chi connectivity index (χ1) is 10.0. The number of methoxy groups -OCH3 is 1. The van der Waals surface area contributed by atoms with E-state index in [1.54, 1.807) is 0 Å². The van der Waals surface area contributed by atoms with E-state index in [1.165, 1.54) is 25.3 Å². The fraction of sp³-hybridized carbons (Fsp3) is 0.235. The zero-order valence-corrected chi connectivity index (χ0v) is 12.4. The van der Waals surface area contributed by atoms with E-state index in [0.717, 1.165) is 16.7 Å². The first-order valence-electron chi connectivity index (χ1n) is 6.69. The lowest BCUT2D eigenvalue weighted by atomic mass is 10.0. The Labute approximate surface area is 123 Å². The standard InChI is InChI=1S/C17H18FNO2/c1-11-5-4-6-12(2)14(11)10-19-16-9-13(17(20)21-3)7-8-15(16)18/h4-9,19H,10H2,1-3H3. The number of hydrogen-bond donors (Lipinski definition) is 1. The number of esters is 1. The maximum Gasteiger partial charge on any atom is 0.337 e. The zero-order chi connectivity index (χ0) is 15.4. The summed E-state index contributed by atoms with van der Waals surface area (Å²) in [6, 6.07) is 10.2. The predicted octanol–water partition coefficient (Wildman–Crippen LogP) is 3.84. The van der Waals surface area contributed by atoms with E-state index in [-0.39, 0.29) is 0 Å². The minimum Gasteiger partial charge on any atom is -0.465 e. The zero-order valence-electron chi connectivity index (χ0n) is 12.4. The van der Waals surface area contributed by atoms with Gasteiger partial charge in [0.1, 0.15) is 5.82 Å². The molecule has 0 spiro atoms. The molecule has 0 fully saturated rings. The minimum absolute atomic E-state index is 0.292. The normalized spacial score (nSPS) is 10.3. The molecule has 0 saturated heterocycles. The van der Waals surface area contributed by atoms with Crippen molar-refractivity contribution >= 4 is 11.7 Å². The largest absolute Gasteiger partial charge is 0.465 e. The highest BCUT2D eigenvalue weighted by Gasteiger charge is 2.10. The van der Waals surface area contributed by atoms with Crippen LogP contribution in [0.2, 0.25) is 0 Å². The van der Waals surface area contributed by atoms with Crippen LogP contribution in [0.3, 0.4) is 0 Å². The van der Waals surface area contributed by atoms with Gasteiger partial charge in [-0.1, -0.05) is 18.2 Å². The van der Waals surface area contributed by atoms with Crippen LogP contribution in [0.1, 0.15) is 27.0 Å². The smallest absolute Gasteiger partial charge is 0.337 e. The van der Waals surface area contributed by atoms with Gasteiger partial charge in [-0.05, 0) is 48.7 Å². The Kier molecular flexibility index (Phi) is 4.58. The molecule has 110 valence electrons. The van der Waals surface area contributed by atoms with Crippen LogP contribution in [0.25, 0.3) is 0 Å². The average Bonchev–Trinajstić information content (AvgIpc) is 2.47. The number of nitrogens with one attached hydrogen (secondary N) is 1. The lowest BCUT2D eigenvalue weighted by Crippen LogP contribution is -2.07. The molecule has 0 radical (unpaired) electrons. The van der Waals surface area contributed by atoms with Gasteiger partial charge in [-0.2, -0.15) is 0 Å². The van der Waals surface area contributed by atoms with Crippen LogP contribution >= 0.6 is 0 Å². The summed E-state index contributed by atoms with van der Waals surface area (Å²) >= 11 is 0. The Hall–Kier alpha value is -2.36. The summed E-state index contributed by atoms with van der Waals surface area (Å²) in [7, 11) is 1.30. The predicted molar refractivity (Wildman–Crippen MR) is 81.0 cm³/mol. The fourth-order valence-corrected chi connectivity index (χ4v) is 2.22. The molecule has 0 aromatic heterocycles. The second kappa shape index (κ2) is 6.39.